The normalized spacial score (nSPS) is 11.2. The number of nitrogens with one attached hydrogen (secondary N) is 1. The summed E-state index contributed by atoms with van der Waals surface area (Å²) in [4.78, 5) is 26.8. The van der Waals surface area contributed by atoms with Crippen LogP contribution < -0.4 is 10.1 Å². The van der Waals surface area contributed by atoms with Gasteiger partial charge in [-0.1, -0.05) is 0 Å². The molecule has 1 aromatic carbocycles. The maximum atomic E-state index is 12.1. The Kier molecular flexibility index (Phi) is 5.07. The fraction of sp³-hybridized carbons (Fsp3) is 0.214. The zero-order valence-electron chi connectivity index (χ0n) is 12.2. The van der Waals surface area contributed by atoms with E-state index < -0.39 is 24.8 Å². The van der Waals surface area contributed by atoms with Crippen LogP contribution >= 0.6 is 11.3 Å². The van der Waals surface area contributed by atoms with E-state index in [0.29, 0.717) is 16.3 Å². The van der Waals surface area contributed by atoms with Crippen molar-refractivity contribution in [2.75, 3.05) is 6.54 Å². The lowest BCUT2D eigenvalue weighted by Crippen LogP contribution is -2.29. The molecular formula is C14H11F3N2O4S. The summed E-state index contributed by atoms with van der Waals surface area (Å²) >= 11 is 1.01. The first-order chi connectivity index (χ1) is 11.2. The number of carboxylic acids is 1. The minimum absolute atomic E-state index is 0.238. The van der Waals surface area contributed by atoms with Gasteiger partial charge in [0.1, 0.15) is 22.2 Å². The van der Waals surface area contributed by atoms with Crippen LogP contribution in [0.15, 0.2) is 24.3 Å². The zero-order valence-corrected chi connectivity index (χ0v) is 13.0. The van der Waals surface area contributed by atoms with E-state index in [2.05, 4.69) is 15.0 Å². The van der Waals surface area contributed by atoms with Crippen molar-refractivity contribution in [3.05, 3.63) is 34.8 Å². The van der Waals surface area contributed by atoms with Crippen molar-refractivity contribution >= 4 is 23.2 Å². The van der Waals surface area contributed by atoms with E-state index in [-0.39, 0.29) is 10.6 Å². The van der Waals surface area contributed by atoms with Crippen molar-refractivity contribution in [1.82, 2.24) is 10.3 Å². The van der Waals surface area contributed by atoms with Crippen LogP contribution in [0.25, 0.3) is 10.6 Å². The van der Waals surface area contributed by atoms with Gasteiger partial charge in [0.05, 0.1) is 5.69 Å². The predicted molar refractivity (Wildman–Crippen MR) is 78.9 cm³/mol. The summed E-state index contributed by atoms with van der Waals surface area (Å²) in [5.74, 6) is -2.11. The monoisotopic (exact) mass is 360 g/mol. The fourth-order valence-corrected chi connectivity index (χ4v) is 2.75. The Morgan fingerprint density at radius 2 is 1.92 bits per heavy atom. The Morgan fingerprint density at radius 3 is 2.46 bits per heavy atom. The van der Waals surface area contributed by atoms with Crippen LogP contribution in [0, 0.1) is 6.92 Å². The number of hydrogen-bond donors (Lipinski definition) is 2. The first-order valence-corrected chi connectivity index (χ1v) is 7.31. The van der Waals surface area contributed by atoms with Crippen LogP contribution in [0.5, 0.6) is 5.75 Å². The van der Waals surface area contributed by atoms with Gasteiger partial charge in [-0.2, -0.15) is 0 Å². The lowest BCUT2D eigenvalue weighted by atomic mass is 10.2. The number of carboxylic acid groups (broad SMARTS) is 1. The van der Waals surface area contributed by atoms with Gasteiger partial charge in [-0.25, -0.2) is 4.98 Å². The highest BCUT2D eigenvalue weighted by Crippen LogP contribution is 2.30. The van der Waals surface area contributed by atoms with Crippen molar-refractivity contribution in [3.8, 4) is 16.3 Å². The molecule has 2 rings (SSSR count). The number of ether oxygens (including phenoxy) is 1. The molecule has 0 aliphatic rings. The summed E-state index contributed by atoms with van der Waals surface area (Å²) < 4.78 is 40.1. The molecule has 2 N–H and O–H groups in total. The van der Waals surface area contributed by atoms with Gasteiger partial charge in [0.2, 0.25) is 0 Å². The molecule has 0 saturated heterocycles. The summed E-state index contributed by atoms with van der Waals surface area (Å²) in [6, 6.07) is 5.06. The lowest BCUT2D eigenvalue weighted by Gasteiger charge is -2.08. The Morgan fingerprint density at radius 1 is 1.29 bits per heavy atom. The van der Waals surface area contributed by atoms with E-state index in [4.69, 9.17) is 5.11 Å². The summed E-state index contributed by atoms with van der Waals surface area (Å²) in [6.07, 6.45) is -4.77. The highest BCUT2D eigenvalue weighted by molar-refractivity contribution is 7.17. The largest absolute Gasteiger partial charge is 0.573 e. The van der Waals surface area contributed by atoms with Gasteiger partial charge in [-0.05, 0) is 31.2 Å². The van der Waals surface area contributed by atoms with E-state index in [0.717, 1.165) is 23.5 Å². The number of nitrogens with zero attached hydrogens (tertiary/aromatic N) is 1. The van der Waals surface area contributed by atoms with Crippen molar-refractivity contribution in [2.24, 2.45) is 0 Å². The highest BCUT2D eigenvalue weighted by atomic mass is 32.1. The molecule has 0 aliphatic heterocycles. The number of aromatic nitrogens is 1. The number of aryl methyl sites for hydroxylation is 1. The van der Waals surface area contributed by atoms with Gasteiger partial charge in [-0.15, -0.1) is 24.5 Å². The van der Waals surface area contributed by atoms with Crippen molar-refractivity contribution < 1.29 is 32.6 Å². The van der Waals surface area contributed by atoms with Gasteiger partial charge < -0.3 is 15.2 Å². The second-order valence-electron chi connectivity index (χ2n) is 4.58. The van der Waals surface area contributed by atoms with E-state index >= 15 is 0 Å². The number of hydrogen-bond acceptors (Lipinski definition) is 5. The number of aliphatic carboxylic acids is 1. The average molecular weight is 360 g/mol. The van der Waals surface area contributed by atoms with Crippen LogP contribution in [0.3, 0.4) is 0 Å². The van der Waals surface area contributed by atoms with Gasteiger partial charge in [-0.3, -0.25) is 9.59 Å². The number of thiazole rings is 1. The summed E-state index contributed by atoms with van der Waals surface area (Å²) in [7, 11) is 0. The zero-order chi connectivity index (χ0) is 17.9. The van der Waals surface area contributed by atoms with Crippen molar-refractivity contribution in [3.63, 3.8) is 0 Å². The maximum Gasteiger partial charge on any atom is 0.573 e. The van der Waals surface area contributed by atoms with Gasteiger partial charge in [0.15, 0.2) is 0 Å². The van der Waals surface area contributed by atoms with Crippen LogP contribution in [0.2, 0.25) is 0 Å². The molecule has 1 amide bonds. The molecule has 0 fully saturated rings. The van der Waals surface area contributed by atoms with Crippen molar-refractivity contribution in [2.45, 2.75) is 13.3 Å². The molecule has 10 heteroatoms. The topological polar surface area (TPSA) is 88.5 Å². The van der Waals surface area contributed by atoms with Crippen LogP contribution in [-0.4, -0.2) is 34.9 Å². The average Bonchev–Trinajstić information content (AvgIpc) is 2.86. The molecule has 1 heterocycles. The Hall–Kier alpha value is -2.62. The van der Waals surface area contributed by atoms with Gasteiger partial charge in [0, 0.05) is 5.56 Å². The number of rotatable bonds is 5. The second kappa shape index (κ2) is 6.87. The predicted octanol–water partition coefficient (Wildman–Crippen LogP) is 2.83. The smallest absolute Gasteiger partial charge is 0.480 e. The molecule has 0 atom stereocenters. The standard InChI is InChI=1S/C14H11F3N2O4S/c1-7-11(12(22)18-6-10(20)21)24-13(19-7)8-2-4-9(5-3-8)23-14(15,16)17/h2-5H,6H2,1H3,(H,18,22)(H,20,21). The van der Waals surface area contributed by atoms with Gasteiger partial charge in [0.25, 0.3) is 5.91 Å². The molecule has 0 saturated carbocycles. The third-order valence-electron chi connectivity index (χ3n) is 2.74. The fourth-order valence-electron chi connectivity index (χ4n) is 1.77. The molecule has 0 radical (unpaired) electrons. The van der Waals surface area contributed by atoms with Gasteiger partial charge >= 0.3 is 12.3 Å². The van der Waals surface area contributed by atoms with E-state index in [9.17, 15) is 22.8 Å². The minimum Gasteiger partial charge on any atom is -0.480 e. The van der Waals surface area contributed by atoms with Crippen LogP contribution in [0.1, 0.15) is 15.4 Å². The quantitative estimate of drug-likeness (QED) is 0.856. The Bertz CT molecular complexity index is 756. The number of halogens is 3. The van der Waals surface area contributed by atoms with E-state index in [1.807, 2.05) is 0 Å². The second-order valence-corrected chi connectivity index (χ2v) is 5.58. The Balaban J connectivity index is 2.17. The maximum absolute atomic E-state index is 12.1. The first-order valence-electron chi connectivity index (χ1n) is 6.49. The van der Waals surface area contributed by atoms with E-state index in [1.54, 1.807) is 6.92 Å². The van der Waals surface area contributed by atoms with E-state index in [1.165, 1.54) is 12.1 Å². The lowest BCUT2D eigenvalue weighted by molar-refractivity contribution is -0.274. The number of amides is 1. The third-order valence-corrected chi connectivity index (χ3v) is 3.94. The Labute approximate surface area is 137 Å². The summed E-state index contributed by atoms with van der Waals surface area (Å²) in [5, 5.41) is 11.2. The molecule has 128 valence electrons. The molecule has 6 nitrogen and oxygen atoms in total. The first kappa shape index (κ1) is 17.7. The molecule has 0 bridgehead atoms. The minimum atomic E-state index is -4.77. The highest BCUT2D eigenvalue weighted by Gasteiger charge is 2.31. The third kappa shape index (κ3) is 4.69. The molecule has 0 spiro atoms. The molecule has 2 aromatic rings. The van der Waals surface area contributed by atoms with Crippen molar-refractivity contribution in [1.29, 1.82) is 0 Å². The number of carbonyl (C=O) groups excluding carboxylic acids is 1. The molecular weight excluding hydrogens is 349 g/mol. The SMILES string of the molecule is Cc1nc(-c2ccc(OC(F)(F)F)cc2)sc1C(=O)NCC(=O)O. The van der Waals surface area contributed by atoms with Crippen LogP contribution in [0.4, 0.5) is 13.2 Å². The van der Waals surface area contributed by atoms with Crippen LogP contribution in [-0.2, 0) is 4.79 Å². The number of benzene rings is 1. The molecule has 0 aliphatic carbocycles. The molecule has 1 aromatic heterocycles. The molecule has 0 unspecified atom stereocenters. The summed E-state index contributed by atoms with van der Waals surface area (Å²) in [6.45, 7) is 1.06. The number of alkyl halides is 3. The number of carbonyl (C=O) groups is 2. The summed E-state index contributed by atoms with van der Waals surface area (Å²) in [5.41, 5.74) is 0.906. The molecule has 24 heavy (non-hydrogen) atoms.